The van der Waals surface area contributed by atoms with Crippen molar-refractivity contribution in [3.63, 3.8) is 0 Å². The highest BCUT2D eigenvalue weighted by Gasteiger charge is 2.48. The summed E-state index contributed by atoms with van der Waals surface area (Å²) in [5.74, 6) is -2.73. The zero-order valence-electron chi connectivity index (χ0n) is 38.8. The van der Waals surface area contributed by atoms with Crippen LogP contribution in [-0.4, -0.2) is 113 Å². The summed E-state index contributed by atoms with van der Waals surface area (Å²) in [4.78, 5) is 48.7. The number of anilines is 1. The number of fused-ring (bicyclic) bond motifs is 2. The van der Waals surface area contributed by atoms with Crippen LogP contribution in [0.15, 0.2) is 104 Å². The number of benzene rings is 2. The summed E-state index contributed by atoms with van der Waals surface area (Å²) in [6, 6.07) is 8.70. The maximum absolute atomic E-state index is 14.4. The second kappa shape index (κ2) is 20.9. The summed E-state index contributed by atoms with van der Waals surface area (Å²) in [6.45, 7) is 9.60. The molecule has 2 aromatic carbocycles. The van der Waals surface area contributed by atoms with Crippen LogP contribution in [0.4, 0.5) is 11.4 Å². The number of nitrogens with zero attached hydrogens (tertiary/aromatic N) is 6. The quantitative estimate of drug-likeness (QED) is 0.0244. The van der Waals surface area contributed by atoms with Gasteiger partial charge < -0.3 is 20.6 Å². The number of carboxylic acids is 1. The number of nitrogens with one attached hydrogen (secondary N) is 2. The van der Waals surface area contributed by atoms with E-state index in [1.807, 2.05) is 38.7 Å². The van der Waals surface area contributed by atoms with Gasteiger partial charge >= 0.3 is 5.97 Å². The molecule has 0 radical (unpaired) electrons. The summed E-state index contributed by atoms with van der Waals surface area (Å²) in [5.41, 5.74) is 9.71. The average molecular weight is 999 g/mol. The maximum Gasteiger partial charge on any atom is 0.303 e. The Morgan fingerprint density at radius 3 is 2.22 bits per heavy atom. The Hall–Kier alpha value is -5.68. The summed E-state index contributed by atoms with van der Waals surface area (Å²) in [6.07, 6.45) is 8.84. The number of hydrogen-bond acceptors (Lipinski definition) is 12. The van der Waals surface area contributed by atoms with Crippen LogP contribution < -0.4 is 15.5 Å². The van der Waals surface area contributed by atoms with Crippen LogP contribution in [0.1, 0.15) is 84.3 Å². The molecule has 0 fully saturated rings. The lowest BCUT2D eigenvalue weighted by Gasteiger charge is -2.35. The number of rotatable bonds is 21. The van der Waals surface area contributed by atoms with E-state index in [1.54, 1.807) is 37.3 Å². The van der Waals surface area contributed by atoms with Gasteiger partial charge in [-0.2, -0.15) is 16.8 Å². The Labute approximate surface area is 397 Å². The van der Waals surface area contributed by atoms with Crippen molar-refractivity contribution in [1.82, 2.24) is 14.9 Å². The van der Waals surface area contributed by atoms with Crippen molar-refractivity contribution in [3.8, 4) is 0 Å². The van der Waals surface area contributed by atoms with Gasteiger partial charge in [0.25, 0.3) is 20.2 Å². The van der Waals surface area contributed by atoms with Crippen LogP contribution in [0.25, 0.3) is 10.4 Å². The number of allylic oxidation sites excluding steroid dienone is 8. The van der Waals surface area contributed by atoms with Gasteiger partial charge in [0.2, 0.25) is 21.8 Å². The number of carbonyl (C=O) groups excluding carboxylic acids is 2. The molecule has 1 aliphatic carbocycles. The van der Waals surface area contributed by atoms with Crippen molar-refractivity contribution < 1.29 is 53.8 Å². The molecule has 3 aliphatic rings. The molecule has 5 N–H and O–H groups in total. The number of aliphatic imine (C=N–C) groups is 1. The van der Waals surface area contributed by atoms with Crippen LogP contribution in [0.2, 0.25) is 0 Å². The van der Waals surface area contributed by atoms with Crippen LogP contribution >= 0.6 is 0 Å². The molecule has 1 atom stereocenters. The van der Waals surface area contributed by atoms with Gasteiger partial charge in [0.05, 0.1) is 26.9 Å². The average Bonchev–Trinajstić information content (AvgIpc) is 3.63. The molecule has 23 heteroatoms. The Balaban J connectivity index is 1.63. The van der Waals surface area contributed by atoms with Gasteiger partial charge in [-0.25, -0.2) is 12.7 Å². The Bertz CT molecular complexity index is 2900. The predicted octanol–water partition coefficient (Wildman–Crippen LogP) is 5.88. The third-order valence-corrected chi connectivity index (χ3v) is 15.8. The van der Waals surface area contributed by atoms with Gasteiger partial charge in [-0.3, -0.25) is 28.5 Å². The van der Waals surface area contributed by atoms with Crippen molar-refractivity contribution in [2.45, 2.75) is 93.8 Å². The largest absolute Gasteiger partial charge is 0.481 e. The summed E-state index contributed by atoms with van der Waals surface area (Å²) < 4.78 is 95.6. The lowest BCUT2D eigenvalue weighted by molar-refractivity contribution is -0.144. The number of hydrogen-bond donors (Lipinski definition) is 5. The Morgan fingerprint density at radius 2 is 1.57 bits per heavy atom. The van der Waals surface area contributed by atoms with E-state index in [9.17, 15) is 48.7 Å². The van der Waals surface area contributed by atoms with Crippen LogP contribution in [0.3, 0.4) is 0 Å². The van der Waals surface area contributed by atoms with Gasteiger partial charge in [-0.1, -0.05) is 51.0 Å². The molecule has 368 valence electrons. The fraction of sp³-hybridized carbons (Fsp3) is 0.467. The van der Waals surface area contributed by atoms with E-state index in [0.717, 1.165) is 4.31 Å². The number of carboxylic acid groups (broad SMARTS) is 1. The fourth-order valence-electron chi connectivity index (χ4n) is 8.65. The number of amides is 2. The minimum Gasteiger partial charge on any atom is -0.481 e. The highest BCUT2D eigenvalue weighted by atomic mass is 32.2. The topological polar surface area (TPSA) is 306 Å². The zero-order chi connectivity index (χ0) is 50.5. The third-order valence-electron chi connectivity index (χ3n) is 12.3. The lowest BCUT2D eigenvalue weighted by atomic mass is 9.70. The third kappa shape index (κ3) is 11.9. The van der Waals surface area contributed by atoms with E-state index in [-0.39, 0.29) is 74.6 Å². The van der Waals surface area contributed by atoms with E-state index in [2.05, 4.69) is 20.7 Å². The van der Waals surface area contributed by atoms with Gasteiger partial charge in [0.1, 0.15) is 5.41 Å². The van der Waals surface area contributed by atoms with E-state index in [0.29, 0.717) is 51.5 Å². The van der Waals surface area contributed by atoms with Crippen LogP contribution in [-0.2, 0) is 55.5 Å². The Kier molecular flexibility index (Phi) is 16.4. The molecule has 2 amide bonds. The van der Waals surface area contributed by atoms with Crippen LogP contribution in [0, 0.1) is 5.41 Å². The summed E-state index contributed by atoms with van der Waals surface area (Å²) >= 11 is 0. The molecular weight excluding hydrogens is 941 g/mol. The van der Waals surface area contributed by atoms with Gasteiger partial charge in [0, 0.05) is 73.3 Å². The highest BCUT2D eigenvalue weighted by molar-refractivity contribution is 7.89. The number of carbonyl (C=O) groups is 3. The first-order valence-corrected chi connectivity index (χ1v) is 26.3. The molecule has 2 heterocycles. The fourth-order valence-corrected chi connectivity index (χ4v) is 10.9. The molecule has 20 nitrogen and oxygen atoms in total. The molecule has 0 saturated carbocycles. The zero-order valence-corrected chi connectivity index (χ0v) is 41.2. The summed E-state index contributed by atoms with van der Waals surface area (Å²) in [7, 11) is -11.6. The van der Waals surface area contributed by atoms with Crippen molar-refractivity contribution in [2.24, 2.45) is 15.5 Å². The number of sulfonamides is 1. The molecule has 0 aromatic heterocycles. The molecule has 2 aromatic rings. The predicted molar refractivity (Wildman–Crippen MR) is 256 cm³/mol. The Morgan fingerprint density at radius 1 is 0.897 bits per heavy atom. The van der Waals surface area contributed by atoms with E-state index in [1.165, 1.54) is 37.4 Å². The van der Waals surface area contributed by atoms with Crippen LogP contribution in [0.5, 0.6) is 0 Å². The molecular formula is C45H58N8O12S3. The monoisotopic (exact) mass is 998 g/mol. The number of aliphatic carboxylic acids is 1. The normalized spacial score (nSPS) is 19.9. The second-order valence-electron chi connectivity index (χ2n) is 17.9. The smallest absolute Gasteiger partial charge is 0.303 e. The minimum atomic E-state index is -4.50. The standard InChI is InChI=1S/C45H58N8O12S3/c1-7-47-41(56)45(42(57)48-20-9-21-49-51-46)28-30(12-18-38-43(2,3)34-27-33(68(63,64)65)14-16-36(34)50-38)25-31(29-45)13-19-39-44(4,5)35-26-32(67(61,62)52(6)22-8-11-40(54)55)15-17-37(35)53(39)23-10-24-66(58,59)60/h12-19,25-27H,7-11,20-24,28-29H2,1-6H3,(H,47,56)(H,48,57)(H,54,55)(H,58,59,60)(H,63,64,65)/b18-12+,31-13-,39-19+. The van der Waals surface area contributed by atoms with Crippen molar-refractivity contribution >= 4 is 65.1 Å². The van der Waals surface area contributed by atoms with E-state index in [4.69, 9.17) is 15.6 Å². The van der Waals surface area contributed by atoms with E-state index < -0.39 is 70.0 Å². The first-order chi connectivity index (χ1) is 31.7. The second-order valence-corrected chi connectivity index (χ2v) is 22.9. The van der Waals surface area contributed by atoms with Crippen molar-refractivity contribution in [2.75, 3.05) is 50.4 Å². The highest BCUT2D eigenvalue weighted by Crippen LogP contribution is 2.49. The van der Waals surface area contributed by atoms with Crippen molar-refractivity contribution in [1.29, 1.82) is 0 Å². The minimum absolute atomic E-state index is 0.00907. The molecule has 0 bridgehead atoms. The molecule has 68 heavy (non-hydrogen) atoms. The van der Waals surface area contributed by atoms with Gasteiger partial charge in [0.15, 0.2) is 0 Å². The van der Waals surface area contributed by atoms with Crippen molar-refractivity contribution in [3.05, 3.63) is 105 Å². The molecule has 0 spiro atoms. The van der Waals surface area contributed by atoms with Gasteiger partial charge in [-0.05, 0) is 115 Å². The number of azide groups is 1. The molecule has 2 aliphatic heterocycles. The SMILES string of the molecule is CCNC(=O)C1(C(=O)NCCCN=[N+]=[N-])CC(/C=C/C2=Nc3ccc(S(=O)(=O)O)cc3C2(C)C)=CC(=C/C=C2/N(CCCS(=O)(=O)O)c3ccc(S(=O)(=O)N(C)CCCC(=O)O)cc3C2(C)C)/C1. The first kappa shape index (κ1) is 53.3. The molecule has 5 rings (SSSR count). The van der Waals surface area contributed by atoms with Gasteiger partial charge in [-0.15, -0.1) is 0 Å². The molecule has 1 unspecified atom stereocenters. The van der Waals surface area contributed by atoms with E-state index >= 15 is 0 Å². The first-order valence-electron chi connectivity index (χ1n) is 21.8. The summed E-state index contributed by atoms with van der Waals surface area (Å²) in [5, 5.41) is 18.3. The maximum atomic E-state index is 14.4. The lowest BCUT2D eigenvalue weighted by Crippen LogP contribution is -2.53. The molecule has 0 saturated heterocycles.